The molecule has 31 heavy (non-hydrogen) atoms. The SMILES string of the molecule is CCCC[C@@]1(c2ccc(F)cc2)NC(=O)N(CC(=O)c2ccc3c(c2)CCCC3)C1=O. The minimum Gasteiger partial charge on any atom is -0.319 e. The van der Waals surface area contributed by atoms with Gasteiger partial charge >= 0.3 is 6.03 Å². The summed E-state index contributed by atoms with van der Waals surface area (Å²) in [7, 11) is 0. The molecule has 0 radical (unpaired) electrons. The van der Waals surface area contributed by atoms with Crippen molar-refractivity contribution in [3.63, 3.8) is 0 Å². The number of carbonyl (C=O) groups is 3. The van der Waals surface area contributed by atoms with Crippen LogP contribution in [0, 0.1) is 5.82 Å². The summed E-state index contributed by atoms with van der Waals surface area (Å²) in [6, 6.07) is 10.7. The number of nitrogens with one attached hydrogen (secondary N) is 1. The van der Waals surface area contributed by atoms with Crippen LogP contribution in [0.2, 0.25) is 0 Å². The minimum absolute atomic E-state index is 0.262. The molecule has 6 heteroatoms. The summed E-state index contributed by atoms with van der Waals surface area (Å²) in [6.07, 6.45) is 6.17. The van der Waals surface area contributed by atoms with Gasteiger partial charge in [-0.2, -0.15) is 0 Å². The van der Waals surface area contributed by atoms with Crippen molar-refractivity contribution in [3.8, 4) is 0 Å². The third kappa shape index (κ3) is 3.99. The first kappa shape index (κ1) is 21.2. The average Bonchev–Trinajstić information content (AvgIpc) is 3.02. The van der Waals surface area contributed by atoms with Gasteiger partial charge in [0.25, 0.3) is 5.91 Å². The number of urea groups is 1. The van der Waals surface area contributed by atoms with E-state index in [1.54, 1.807) is 6.07 Å². The Morgan fingerprint density at radius 2 is 1.77 bits per heavy atom. The van der Waals surface area contributed by atoms with Gasteiger partial charge < -0.3 is 5.32 Å². The molecule has 1 heterocycles. The van der Waals surface area contributed by atoms with Gasteiger partial charge in [-0.15, -0.1) is 0 Å². The second-order valence-corrected chi connectivity index (χ2v) is 8.45. The van der Waals surface area contributed by atoms with Crippen LogP contribution in [-0.2, 0) is 23.2 Å². The summed E-state index contributed by atoms with van der Waals surface area (Å²) in [4.78, 5) is 40.2. The molecule has 0 saturated carbocycles. The maximum absolute atomic E-state index is 13.5. The van der Waals surface area contributed by atoms with Crippen LogP contribution in [0.25, 0.3) is 0 Å². The summed E-state index contributed by atoms with van der Waals surface area (Å²) < 4.78 is 13.5. The van der Waals surface area contributed by atoms with Crippen LogP contribution in [0.4, 0.5) is 9.18 Å². The van der Waals surface area contributed by atoms with Gasteiger partial charge in [0.1, 0.15) is 11.4 Å². The lowest BCUT2D eigenvalue weighted by Crippen LogP contribution is -2.44. The lowest BCUT2D eigenvalue weighted by Gasteiger charge is -2.27. The summed E-state index contributed by atoms with van der Waals surface area (Å²) in [6.45, 7) is 1.69. The van der Waals surface area contributed by atoms with Crippen LogP contribution in [0.15, 0.2) is 42.5 Å². The van der Waals surface area contributed by atoms with E-state index in [0.29, 0.717) is 24.0 Å². The molecule has 0 bridgehead atoms. The molecule has 1 aliphatic heterocycles. The van der Waals surface area contributed by atoms with Gasteiger partial charge in [0.05, 0.1) is 6.54 Å². The van der Waals surface area contributed by atoms with Gasteiger partial charge in [-0.3, -0.25) is 14.5 Å². The molecule has 2 aliphatic rings. The fourth-order valence-corrected chi connectivity index (χ4v) is 4.60. The zero-order valence-electron chi connectivity index (χ0n) is 17.7. The molecular formula is C25H27FN2O3. The van der Waals surface area contributed by atoms with E-state index in [1.807, 2.05) is 19.1 Å². The van der Waals surface area contributed by atoms with Crippen LogP contribution in [0.3, 0.4) is 0 Å². The molecule has 0 spiro atoms. The molecule has 1 fully saturated rings. The summed E-state index contributed by atoms with van der Waals surface area (Å²) in [5, 5.41) is 2.81. The molecule has 1 aliphatic carbocycles. The van der Waals surface area contributed by atoms with Crippen molar-refractivity contribution in [2.24, 2.45) is 0 Å². The summed E-state index contributed by atoms with van der Waals surface area (Å²) >= 11 is 0. The third-order valence-electron chi connectivity index (χ3n) is 6.39. The molecule has 4 rings (SSSR count). The highest BCUT2D eigenvalue weighted by Crippen LogP contribution is 2.34. The summed E-state index contributed by atoms with van der Waals surface area (Å²) in [5.74, 6) is -1.13. The van der Waals surface area contributed by atoms with Crippen molar-refractivity contribution in [2.75, 3.05) is 6.54 Å². The molecule has 0 unspecified atom stereocenters. The zero-order chi connectivity index (χ0) is 22.0. The number of amides is 3. The van der Waals surface area contributed by atoms with Gasteiger partial charge in [-0.05, 0) is 67.0 Å². The van der Waals surface area contributed by atoms with E-state index in [1.165, 1.54) is 35.4 Å². The standard InChI is InChI=1S/C25H27FN2O3/c1-2-3-14-25(20-10-12-21(26)13-11-20)23(30)28(24(31)27-25)16-22(29)19-9-8-17-6-4-5-7-18(17)15-19/h8-13,15H,2-7,14,16H2,1H3,(H,27,31)/t25-/m0/s1. The van der Waals surface area contributed by atoms with E-state index in [9.17, 15) is 18.8 Å². The number of hydrogen-bond donors (Lipinski definition) is 1. The van der Waals surface area contributed by atoms with Crippen LogP contribution >= 0.6 is 0 Å². The Bertz CT molecular complexity index is 1020. The molecule has 3 amide bonds. The Kier molecular flexibility index (Phi) is 5.90. The molecule has 5 nitrogen and oxygen atoms in total. The molecule has 2 aromatic carbocycles. The second-order valence-electron chi connectivity index (χ2n) is 8.45. The Morgan fingerprint density at radius 3 is 2.48 bits per heavy atom. The molecular weight excluding hydrogens is 395 g/mol. The number of Topliss-reactive ketones (excluding diaryl/α,β-unsaturated/α-hetero) is 1. The number of imide groups is 1. The molecule has 1 N–H and O–H groups in total. The van der Waals surface area contributed by atoms with Gasteiger partial charge in [0.2, 0.25) is 0 Å². The van der Waals surface area contributed by atoms with Gasteiger partial charge in [-0.1, -0.05) is 44.0 Å². The average molecular weight is 423 g/mol. The van der Waals surface area contributed by atoms with Crippen LogP contribution in [0.1, 0.15) is 66.1 Å². The number of fused-ring (bicyclic) bond motifs is 1. The van der Waals surface area contributed by atoms with E-state index in [0.717, 1.165) is 37.0 Å². The Morgan fingerprint density at radius 1 is 1.06 bits per heavy atom. The topological polar surface area (TPSA) is 66.5 Å². The maximum atomic E-state index is 13.5. The highest BCUT2D eigenvalue weighted by Gasteiger charge is 2.52. The Balaban J connectivity index is 1.59. The number of carbonyl (C=O) groups excluding carboxylic acids is 3. The lowest BCUT2D eigenvalue weighted by molar-refractivity contribution is -0.131. The highest BCUT2D eigenvalue weighted by molar-refractivity contribution is 6.11. The first-order valence-corrected chi connectivity index (χ1v) is 11.0. The quantitative estimate of drug-likeness (QED) is 0.527. The lowest BCUT2D eigenvalue weighted by atomic mass is 9.84. The molecule has 2 aromatic rings. The van der Waals surface area contributed by atoms with E-state index >= 15 is 0 Å². The number of hydrogen-bond acceptors (Lipinski definition) is 3. The largest absolute Gasteiger partial charge is 0.325 e. The van der Waals surface area contributed by atoms with Crippen molar-refractivity contribution in [2.45, 2.75) is 57.4 Å². The first-order chi connectivity index (χ1) is 14.9. The normalized spacial score (nSPS) is 20.5. The van der Waals surface area contributed by atoms with Crippen molar-refractivity contribution in [3.05, 3.63) is 70.5 Å². The van der Waals surface area contributed by atoms with E-state index in [4.69, 9.17) is 0 Å². The Labute approximate surface area is 181 Å². The van der Waals surface area contributed by atoms with E-state index in [-0.39, 0.29) is 12.3 Å². The minimum atomic E-state index is -1.27. The predicted molar refractivity (Wildman–Crippen MR) is 115 cm³/mol. The van der Waals surface area contributed by atoms with Crippen LogP contribution in [-0.4, -0.2) is 29.2 Å². The smallest absolute Gasteiger partial charge is 0.319 e. The second kappa shape index (κ2) is 8.61. The maximum Gasteiger partial charge on any atom is 0.325 e. The zero-order valence-corrected chi connectivity index (χ0v) is 17.7. The number of benzene rings is 2. The molecule has 162 valence electrons. The van der Waals surface area contributed by atoms with Gasteiger partial charge in [0.15, 0.2) is 5.78 Å². The number of unbranched alkanes of at least 4 members (excludes halogenated alkanes) is 1. The molecule has 1 atom stereocenters. The van der Waals surface area contributed by atoms with E-state index in [2.05, 4.69) is 5.32 Å². The van der Waals surface area contributed by atoms with E-state index < -0.39 is 23.3 Å². The van der Waals surface area contributed by atoms with Crippen molar-refractivity contribution < 1.29 is 18.8 Å². The molecule has 0 aromatic heterocycles. The van der Waals surface area contributed by atoms with Gasteiger partial charge in [0, 0.05) is 5.56 Å². The fourth-order valence-electron chi connectivity index (χ4n) is 4.60. The fraction of sp³-hybridized carbons (Fsp3) is 0.400. The number of halogens is 1. The highest BCUT2D eigenvalue weighted by atomic mass is 19.1. The van der Waals surface area contributed by atoms with Crippen molar-refractivity contribution in [1.29, 1.82) is 0 Å². The molecule has 1 saturated heterocycles. The monoisotopic (exact) mass is 422 g/mol. The van der Waals surface area contributed by atoms with Crippen LogP contribution < -0.4 is 5.32 Å². The first-order valence-electron chi connectivity index (χ1n) is 11.0. The van der Waals surface area contributed by atoms with Crippen LogP contribution in [0.5, 0.6) is 0 Å². The Hall–Kier alpha value is -3.02. The predicted octanol–water partition coefficient (Wildman–Crippen LogP) is 4.52. The third-order valence-corrected chi connectivity index (χ3v) is 6.39. The van der Waals surface area contributed by atoms with Gasteiger partial charge in [-0.25, -0.2) is 9.18 Å². The van der Waals surface area contributed by atoms with Crippen molar-refractivity contribution in [1.82, 2.24) is 10.2 Å². The number of rotatable bonds is 7. The number of nitrogens with zero attached hydrogens (tertiary/aromatic N) is 1. The number of aryl methyl sites for hydroxylation is 2. The summed E-state index contributed by atoms with van der Waals surface area (Å²) in [5.41, 5.74) is 2.24. The number of ketones is 1. The van der Waals surface area contributed by atoms with Crippen molar-refractivity contribution >= 4 is 17.7 Å².